The van der Waals surface area contributed by atoms with Crippen molar-refractivity contribution in [2.45, 2.75) is 31.4 Å². The summed E-state index contributed by atoms with van der Waals surface area (Å²) in [6.45, 7) is 0.937. The zero-order valence-corrected chi connectivity index (χ0v) is 11.9. The minimum Gasteiger partial charge on any atom is -0.389 e. The lowest BCUT2D eigenvalue weighted by molar-refractivity contribution is 0.0622. The predicted octanol–water partition coefficient (Wildman–Crippen LogP) is 2.14. The third kappa shape index (κ3) is 2.59. The highest BCUT2D eigenvalue weighted by molar-refractivity contribution is 5.85. The zero-order chi connectivity index (χ0) is 13.9. The van der Waals surface area contributed by atoms with E-state index < -0.39 is 6.10 Å². The van der Waals surface area contributed by atoms with E-state index in [-0.39, 0.29) is 0 Å². The van der Waals surface area contributed by atoms with E-state index in [1.807, 2.05) is 0 Å². The number of aliphatic hydroxyl groups is 1. The second-order valence-electron chi connectivity index (χ2n) is 5.53. The summed E-state index contributed by atoms with van der Waals surface area (Å²) in [4.78, 5) is 3.55. The van der Waals surface area contributed by atoms with Gasteiger partial charge in [-0.25, -0.2) is 0 Å². The van der Waals surface area contributed by atoms with E-state index in [0.717, 1.165) is 12.8 Å². The van der Waals surface area contributed by atoms with E-state index >= 15 is 0 Å². The Bertz CT molecular complexity index is 579. The quantitative estimate of drug-likeness (QED) is 0.783. The summed E-state index contributed by atoms with van der Waals surface area (Å²) in [6, 6.07) is 8.78. The van der Waals surface area contributed by atoms with Crippen LogP contribution in [0.1, 0.15) is 30.1 Å². The topological polar surface area (TPSA) is 57.3 Å². The Labute approximate surface area is 119 Å². The van der Waals surface area contributed by atoms with Gasteiger partial charge in [0.25, 0.3) is 0 Å². The molecule has 0 saturated carbocycles. The maximum Gasteiger partial charge on any atom is 0.0897 e. The highest BCUT2D eigenvalue weighted by Gasteiger charge is 2.24. The number of benzene rings is 1. The number of fused-ring (bicyclic) bond motifs is 3. The van der Waals surface area contributed by atoms with Gasteiger partial charge in [0, 0.05) is 36.3 Å². The molecule has 2 unspecified atom stereocenters. The first-order valence-corrected chi connectivity index (χ1v) is 7.29. The molecular weight excluding hydrogens is 252 g/mol. The molecule has 1 aromatic heterocycles. The van der Waals surface area contributed by atoms with E-state index in [1.54, 1.807) is 7.11 Å². The molecule has 0 amide bonds. The first-order valence-electron chi connectivity index (χ1n) is 7.29. The lowest BCUT2D eigenvalue weighted by atomic mass is 9.91. The average molecular weight is 274 g/mol. The molecule has 108 valence electrons. The second-order valence-corrected chi connectivity index (χ2v) is 5.53. The summed E-state index contributed by atoms with van der Waals surface area (Å²) in [6.07, 6.45) is 2.99. The predicted molar refractivity (Wildman–Crippen MR) is 79.9 cm³/mol. The Hall–Kier alpha value is -1.36. The largest absolute Gasteiger partial charge is 0.389 e. The first kappa shape index (κ1) is 13.6. The Balaban J connectivity index is 1.79. The Morgan fingerprint density at radius 1 is 1.45 bits per heavy atom. The normalized spacial score (nSPS) is 20.0. The van der Waals surface area contributed by atoms with Crippen LogP contribution in [-0.4, -0.2) is 36.5 Å². The van der Waals surface area contributed by atoms with Crippen LogP contribution in [0.4, 0.5) is 0 Å². The number of ether oxygens (including phenoxy) is 1. The molecule has 1 heterocycles. The van der Waals surface area contributed by atoms with Gasteiger partial charge in [0.2, 0.25) is 0 Å². The van der Waals surface area contributed by atoms with Gasteiger partial charge in [-0.3, -0.25) is 0 Å². The number of methoxy groups -OCH3 is 1. The smallest absolute Gasteiger partial charge is 0.0897 e. The molecule has 0 saturated heterocycles. The van der Waals surface area contributed by atoms with Gasteiger partial charge in [-0.05, 0) is 30.9 Å². The van der Waals surface area contributed by atoms with E-state index in [2.05, 4.69) is 34.6 Å². The van der Waals surface area contributed by atoms with Crippen molar-refractivity contribution < 1.29 is 9.84 Å². The number of aromatic nitrogens is 1. The van der Waals surface area contributed by atoms with Gasteiger partial charge in [-0.2, -0.15) is 0 Å². The molecule has 0 bridgehead atoms. The van der Waals surface area contributed by atoms with Crippen molar-refractivity contribution in [1.29, 1.82) is 0 Å². The van der Waals surface area contributed by atoms with Crippen LogP contribution in [0.25, 0.3) is 10.9 Å². The molecule has 1 aromatic carbocycles. The lowest BCUT2D eigenvalue weighted by Gasteiger charge is -2.25. The van der Waals surface area contributed by atoms with E-state index in [0.29, 0.717) is 19.2 Å². The number of para-hydroxylation sites is 1. The van der Waals surface area contributed by atoms with Crippen molar-refractivity contribution in [2.75, 3.05) is 20.3 Å². The summed E-state index contributed by atoms with van der Waals surface area (Å²) in [5.74, 6) is 0. The van der Waals surface area contributed by atoms with Crippen LogP contribution in [0.15, 0.2) is 24.3 Å². The fourth-order valence-electron chi connectivity index (χ4n) is 3.15. The summed E-state index contributed by atoms with van der Waals surface area (Å²) < 4.78 is 4.96. The number of rotatable bonds is 5. The standard InChI is InChI=1S/C16H22N2O2/c1-20-10-11(19)9-17-15-8-4-6-13-12-5-2-3-7-14(12)18-16(13)15/h2-3,5,7,11,15,17-19H,4,6,8-10H2,1H3. The molecule has 1 aliphatic carbocycles. The van der Waals surface area contributed by atoms with Crippen LogP contribution in [0, 0.1) is 0 Å². The molecule has 0 spiro atoms. The van der Waals surface area contributed by atoms with Crippen molar-refractivity contribution in [1.82, 2.24) is 10.3 Å². The summed E-state index contributed by atoms with van der Waals surface area (Å²) in [7, 11) is 1.61. The van der Waals surface area contributed by atoms with Gasteiger partial charge < -0.3 is 20.1 Å². The van der Waals surface area contributed by atoms with Gasteiger partial charge in [-0.1, -0.05) is 18.2 Å². The number of aryl methyl sites for hydroxylation is 1. The highest BCUT2D eigenvalue weighted by atomic mass is 16.5. The van der Waals surface area contributed by atoms with Crippen LogP contribution < -0.4 is 5.32 Å². The van der Waals surface area contributed by atoms with Crippen molar-refractivity contribution in [3.63, 3.8) is 0 Å². The summed E-state index contributed by atoms with van der Waals surface area (Å²) in [5.41, 5.74) is 3.94. The minimum atomic E-state index is -0.449. The molecular formula is C16H22N2O2. The van der Waals surface area contributed by atoms with Crippen molar-refractivity contribution in [3.8, 4) is 0 Å². The molecule has 0 radical (unpaired) electrons. The number of aromatic amines is 1. The molecule has 4 nitrogen and oxygen atoms in total. The molecule has 2 aromatic rings. The molecule has 1 aliphatic rings. The highest BCUT2D eigenvalue weighted by Crippen LogP contribution is 2.34. The average Bonchev–Trinajstić information content (AvgIpc) is 2.84. The van der Waals surface area contributed by atoms with Crippen molar-refractivity contribution in [2.24, 2.45) is 0 Å². The summed E-state index contributed by atoms with van der Waals surface area (Å²) in [5, 5.41) is 14.6. The minimum absolute atomic E-state index is 0.303. The van der Waals surface area contributed by atoms with E-state index in [4.69, 9.17) is 4.74 Å². The van der Waals surface area contributed by atoms with Crippen LogP contribution in [0.2, 0.25) is 0 Å². The van der Waals surface area contributed by atoms with Crippen molar-refractivity contribution in [3.05, 3.63) is 35.5 Å². The van der Waals surface area contributed by atoms with Gasteiger partial charge in [0.1, 0.15) is 0 Å². The Kier molecular flexibility index (Phi) is 4.05. The zero-order valence-electron chi connectivity index (χ0n) is 11.9. The number of aliphatic hydroxyl groups excluding tert-OH is 1. The molecule has 20 heavy (non-hydrogen) atoms. The third-order valence-corrected chi connectivity index (χ3v) is 4.07. The molecule has 0 fully saturated rings. The fraction of sp³-hybridized carbons (Fsp3) is 0.500. The second kappa shape index (κ2) is 5.95. The van der Waals surface area contributed by atoms with E-state index in [9.17, 15) is 5.11 Å². The number of H-pyrrole nitrogens is 1. The monoisotopic (exact) mass is 274 g/mol. The van der Waals surface area contributed by atoms with Crippen LogP contribution in [0.3, 0.4) is 0 Å². The number of nitrogens with one attached hydrogen (secondary N) is 2. The SMILES string of the molecule is COCC(O)CNC1CCCc2c1[nH]c1ccccc21. The summed E-state index contributed by atoms with van der Waals surface area (Å²) >= 11 is 0. The van der Waals surface area contributed by atoms with Crippen molar-refractivity contribution >= 4 is 10.9 Å². The molecule has 4 heteroatoms. The maximum absolute atomic E-state index is 9.77. The fourth-order valence-corrected chi connectivity index (χ4v) is 3.15. The number of hydrogen-bond donors (Lipinski definition) is 3. The van der Waals surface area contributed by atoms with Gasteiger partial charge in [-0.15, -0.1) is 0 Å². The van der Waals surface area contributed by atoms with Crippen LogP contribution in [0.5, 0.6) is 0 Å². The van der Waals surface area contributed by atoms with Crippen LogP contribution >= 0.6 is 0 Å². The molecule has 3 N–H and O–H groups in total. The molecule has 3 rings (SSSR count). The maximum atomic E-state index is 9.77. The number of hydrogen-bond acceptors (Lipinski definition) is 3. The lowest BCUT2D eigenvalue weighted by Crippen LogP contribution is -2.34. The molecule has 0 aliphatic heterocycles. The van der Waals surface area contributed by atoms with Crippen LogP contribution in [-0.2, 0) is 11.2 Å². The third-order valence-electron chi connectivity index (χ3n) is 4.07. The van der Waals surface area contributed by atoms with Gasteiger partial charge >= 0.3 is 0 Å². The van der Waals surface area contributed by atoms with E-state index in [1.165, 1.54) is 28.6 Å². The van der Waals surface area contributed by atoms with Gasteiger partial charge in [0.15, 0.2) is 0 Å². The Morgan fingerprint density at radius 3 is 3.15 bits per heavy atom. The molecule has 2 atom stereocenters. The first-order chi connectivity index (χ1) is 9.79. The van der Waals surface area contributed by atoms with Gasteiger partial charge in [0.05, 0.1) is 12.7 Å². The Morgan fingerprint density at radius 2 is 2.30 bits per heavy atom.